The van der Waals surface area contributed by atoms with Gasteiger partial charge < -0.3 is 24.8 Å². The number of methoxy groups -OCH3 is 1. The van der Waals surface area contributed by atoms with Gasteiger partial charge in [0.25, 0.3) is 0 Å². The number of ether oxygens (including phenoxy) is 2. The fraction of sp³-hybridized carbons (Fsp3) is 0.462. The van der Waals surface area contributed by atoms with Crippen molar-refractivity contribution in [2.45, 2.75) is 31.3 Å². The lowest BCUT2D eigenvalue weighted by atomic mass is 9.73. The molecule has 2 heterocycles. The van der Waals surface area contributed by atoms with Gasteiger partial charge in [0.2, 0.25) is 0 Å². The van der Waals surface area contributed by atoms with Crippen molar-refractivity contribution in [2.24, 2.45) is 5.92 Å². The Labute approximate surface area is 214 Å². The standard InChI is InChI=1S/C26H32BrN3O5/c1-17(32)35-16-18-11-12-29(26(33)28-21-7-9-22(34-2)10-8-21)14-23-25(24(15-31)30(23)13-18)19-3-5-20(27)6-4-19/h3-10,18,23-25,31H,11-16H2,1-2H3,(H,28,33)/t18?,23-,24+,25+/m0/s1. The molecule has 2 aliphatic rings. The van der Waals surface area contributed by atoms with E-state index in [9.17, 15) is 14.7 Å². The Hall–Kier alpha value is -2.62. The summed E-state index contributed by atoms with van der Waals surface area (Å²) in [7, 11) is 1.60. The number of rotatable bonds is 6. The molecule has 2 aromatic carbocycles. The van der Waals surface area contributed by atoms with Crippen LogP contribution in [0.25, 0.3) is 0 Å². The maximum Gasteiger partial charge on any atom is 0.321 e. The Kier molecular flexibility index (Phi) is 8.30. The average Bonchev–Trinajstić information content (AvgIpc) is 2.84. The van der Waals surface area contributed by atoms with E-state index < -0.39 is 0 Å². The largest absolute Gasteiger partial charge is 0.497 e. The lowest BCUT2D eigenvalue weighted by Crippen LogP contribution is -2.69. The molecule has 2 fully saturated rings. The number of hydrogen-bond acceptors (Lipinski definition) is 6. The molecule has 0 aliphatic carbocycles. The number of benzene rings is 2. The van der Waals surface area contributed by atoms with Crippen LogP contribution in [0, 0.1) is 5.92 Å². The van der Waals surface area contributed by atoms with Crippen LogP contribution in [0.3, 0.4) is 0 Å². The van der Waals surface area contributed by atoms with Crippen molar-refractivity contribution in [1.29, 1.82) is 0 Å². The van der Waals surface area contributed by atoms with E-state index >= 15 is 0 Å². The molecular weight excluding hydrogens is 514 g/mol. The number of hydrogen-bond donors (Lipinski definition) is 2. The number of aliphatic hydroxyl groups excluding tert-OH is 1. The molecule has 35 heavy (non-hydrogen) atoms. The quantitative estimate of drug-likeness (QED) is 0.538. The molecule has 188 valence electrons. The molecule has 0 radical (unpaired) electrons. The third kappa shape index (κ3) is 5.97. The van der Waals surface area contributed by atoms with E-state index in [1.807, 2.05) is 29.2 Å². The molecule has 2 aliphatic heterocycles. The van der Waals surface area contributed by atoms with Crippen LogP contribution in [0.5, 0.6) is 5.75 Å². The van der Waals surface area contributed by atoms with Crippen LogP contribution in [-0.2, 0) is 9.53 Å². The van der Waals surface area contributed by atoms with Crippen molar-refractivity contribution in [1.82, 2.24) is 9.80 Å². The van der Waals surface area contributed by atoms with Crippen LogP contribution in [0.1, 0.15) is 24.8 Å². The van der Waals surface area contributed by atoms with Crippen LogP contribution in [0.15, 0.2) is 53.0 Å². The normalized spacial score (nSPS) is 24.4. The fourth-order valence-electron chi connectivity index (χ4n) is 5.13. The molecule has 2 amide bonds. The SMILES string of the molecule is COc1ccc(NC(=O)N2CCC(COC(C)=O)CN3[C@H](CO)[C@H](c4ccc(Br)cc4)[C@@H]3C2)cc1. The number of aliphatic hydroxyl groups is 1. The summed E-state index contributed by atoms with van der Waals surface area (Å²) in [6.45, 7) is 3.53. The first-order chi connectivity index (χ1) is 16.9. The summed E-state index contributed by atoms with van der Waals surface area (Å²) in [6, 6.07) is 15.2. The summed E-state index contributed by atoms with van der Waals surface area (Å²) in [5, 5.41) is 13.2. The second-order valence-corrected chi connectivity index (χ2v) is 10.1. The number of fused-ring (bicyclic) bond motifs is 1. The highest BCUT2D eigenvalue weighted by Crippen LogP contribution is 2.43. The van der Waals surface area contributed by atoms with Gasteiger partial charge in [-0.25, -0.2) is 4.79 Å². The second kappa shape index (κ2) is 11.4. The fourth-order valence-corrected chi connectivity index (χ4v) is 5.39. The van der Waals surface area contributed by atoms with Gasteiger partial charge in [-0.15, -0.1) is 0 Å². The Balaban J connectivity index is 1.55. The van der Waals surface area contributed by atoms with Gasteiger partial charge in [-0.1, -0.05) is 28.1 Å². The number of amides is 2. The molecule has 0 bridgehead atoms. The first-order valence-electron chi connectivity index (χ1n) is 11.8. The minimum Gasteiger partial charge on any atom is -0.497 e. The highest BCUT2D eigenvalue weighted by molar-refractivity contribution is 9.10. The Morgan fingerprint density at radius 3 is 2.46 bits per heavy atom. The third-order valence-corrected chi connectivity index (χ3v) is 7.49. The van der Waals surface area contributed by atoms with E-state index in [-0.39, 0.29) is 42.5 Å². The molecule has 0 saturated carbocycles. The summed E-state index contributed by atoms with van der Waals surface area (Å²) < 4.78 is 11.5. The van der Waals surface area contributed by atoms with Crippen LogP contribution >= 0.6 is 15.9 Å². The maximum atomic E-state index is 13.3. The third-order valence-electron chi connectivity index (χ3n) is 6.96. The summed E-state index contributed by atoms with van der Waals surface area (Å²) in [5.74, 6) is 0.572. The molecule has 4 rings (SSSR count). The van der Waals surface area contributed by atoms with Crippen molar-refractivity contribution in [3.05, 3.63) is 58.6 Å². The second-order valence-electron chi connectivity index (χ2n) is 9.15. The first kappa shape index (κ1) is 25.5. The zero-order valence-corrected chi connectivity index (χ0v) is 21.6. The van der Waals surface area contributed by atoms with Gasteiger partial charge in [-0.2, -0.15) is 0 Å². The monoisotopic (exact) mass is 545 g/mol. The van der Waals surface area contributed by atoms with Crippen LogP contribution in [0.2, 0.25) is 0 Å². The van der Waals surface area contributed by atoms with Gasteiger partial charge in [0, 0.05) is 60.6 Å². The summed E-state index contributed by atoms with van der Waals surface area (Å²) in [6.07, 6.45) is 0.702. The zero-order chi connectivity index (χ0) is 24.9. The first-order valence-corrected chi connectivity index (χ1v) is 12.6. The number of urea groups is 1. The molecule has 2 aromatic rings. The molecule has 1 unspecified atom stereocenters. The predicted molar refractivity (Wildman–Crippen MR) is 137 cm³/mol. The molecule has 2 N–H and O–H groups in total. The van der Waals surface area contributed by atoms with Crippen LogP contribution in [-0.4, -0.2) is 78.9 Å². The number of carbonyl (C=O) groups excluding carboxylic acids is 2. The number of anilines is 1. The highest BCUT2D eigenvalue weighted by atomic mass is 79.9. The van der Waals surface area contributed by atoms with Crippen molar-refractivity contribution in [3.8, 4) is 5.75 Å². The number of nitrogens with zero attached hydrogens (tertiary/aromatic N) is 2. The van der Waals surface area contributed by atoms with Crippen LogP contribution < -0.4 is 10.1 Å². The lowest BCUT2D eigenvalue weighted by Gasteiger charge is -2.58. The number of nitrogens with one attached hydrogen (secondary N) is 1. The topological polar surface area (TPSA) is 91.3 Å². The van der Waals surface area contributed by atoms with E-state index in [4.69, 9.17) is 9.47 Å². The van der Waals surface area contributed by atoms with Gasteiger partial charge in [0.1, 0.15) is 5.75 Å². The van der Waals surface area contributed by atoms with Gasteiger partial charge in [0.15, 0.2) is 0 Å². The van der Waals surface area contributed by atoms with Crippen molar-refractivity contribution < 1.29 is 24.2 Å². The number of halogens is 1. The summed E-state index contributed by atoms with van der Waals surface area (Å²) in [5.41, 5.74) is 1.83. The Bertz CT molecular complexity index is 1020. The Morgan fingerprint density at radius 1 is 1.11 bits per heavy atom. The number of esters is 1. The van der Waals surface area contributed by atoms with E-state index in [0.29, 0.717) is 38.3 Å². The Morgan fingerprint density at radius 2 is 1.83 bits per heavy atom. The lowest BCUT2D eigenvalue weighted by molar-refractivity contribution is -0.144. The molecule has 0 spiro atoms. The molecule has 9 heteroatoms. The summed E-state index contributed by atoms with van der Waals surface area (Å²) >= 11 is 3.49. The van der Waals surface area contributed by atoms with E-state index in [2.05, 4.69) is 38.3 Å². The van der Waals surface area contributed by atoms with Crippen molar-refractivity contribution in [2.75, 3.05) is 45.3 Å². The van der Waals surface area contributed by atoms with Gasteiger partial charge in [0.05, 0.1) is 20.3 Å². The van der Waals surface area contributed by atoms with Gasteiger partial charge >= 0.3 is 12.0 Å². The van der Waals surface area contributed by atoms with Crippen LogP contribution in [0.4, 0.5) is 10.5 Å². The smallest absolute Gasteiger partial charge is 0.321 e. The molecular formula is C26H32BrN3O5. The minimum atomic E-state index is -0.312. The minimum absolute atomic E-state index is 0.0234. The molecule has 2 saturated heterocycles. The van der Waals surface area contributed by atoms with Crippen molar-refractivity contribution >= 4 is 33.6 Å². The van der Waals surface area contributed by atoms with E-state index in [1.54, 1.807) is 19.2 Å². The van der Waals surface area contributed by atoms with Crippen molar-refractivity contribution in [3.63, 3.8) is 0 Å². The average molecular weight is 546 g/mol. The molecule has 8 nitrogen and oxygen atoms in total. The number of carbonyl (C=O) groups is 2. The van der Waals surface area contributed by atoms with E-state index in [0.717, 1.165) is 15.8 Å². The van der Waals surface area contributed by atoms with Gasteiger partial charge in [-0.3, -0.25) is 9.69 Å². The summed E-state index contributed by atoms with van der Waals surface area (Å²) in [4.78, 5) is 28.8. The highest BCUT2D eigenvalue weighted by Gasteiger charge is 2.50. The van der Waals surface area contributed by atoms with Gasteiger partial charge in [-0.05, 0) is 48.4 Å². The molecule has 4 atom stereocenters. The molecule has 0 aromatic heterocycles. The van der Waals surface area contributed by atoms with E-state index in [1.165, 1.54) is 6.92 Å². The maximum absolute atomic E-state index is 13.3. The zero-order valence-electron chi connectivity index (χ0n) is 20.0. The predicted octanol–water partition coefficient (Wildman–Crippen LogP) is 3.70.